The lowest BCUT2D eigenvalue weighted by atomic mass is 10.1. The molecule has 0 fully saturated rings. The molecule has 3 rings (SSSR count). The maximum absolute atomic E-state index is 13.1. The zero-order chi connectivity index (χ0) is 16.8. The molecule has 1 atom stereocenters. The van der Waals surface area contributed by atoms with Gasteiger partial charge in [-0.25, -0.2) is 0 Å². The molecule has 23 heavy (non-hydrogen) atoms. The Kier molecular flexibility index (Phi) is 3.96. The summed E-state index contributed by atoms with van der Waals surface area (Å²) in [7, 11) is 0. The number of hydrogen-bond acceptors (Lipinski definition) is 3. The molecule has 0 saturated heterocycles. The highest BCUT2D eigenvalue weighted by atomic mass is 79.9. The Morgan fingerprint density at radius 2 is 2.04 bits per heavy atom. The number of hydrogen-bond donors (Lipinski definition) is 0. The summed E-state index contributed by atoms with van der Waals surface area (Å²) in [5.74, 6) is 0.661. The van der Waals surface area contributed by atoms with E-state index in [1.54, 1.807) is 11.1 Å². The van der Waals surface area contributed by atoms with Crippen molar-refractivity contribution in [3.8, 4) is 5.75 Å². The van der Waals surface area contributed by atoms with Gasteiger partial charge in [0, 0.05) is 0 Å². The van der Waals surface area contributed by atoms with E-state index >= 15 is 0 Å². The molecule has 0 radical (unpaired) electrons. The number of para-hydroxylation sites is 2. The average Bonchev–Trinajstić information content (AvgIpc) is 2.88. The predicted molar refractivity (Wildman–Crippen MR) is 93.1 cm³/mol. The highest BCUT2D eigenvalue weighted by Crippen LogP contribution is 2.35. The molecule has 2 heterocycles. The zero-order valence-corrected chi connectivity index (χ0v) is 15.3. The van der Waals surface area contributed by atoms with Gasteiger partial charge in [0.05, 0.1) is 29.0 Å². The first kappa shape index (κ1) is 16.1. The van der Waals surface area contributed by atoms with Crippen LogP contribution in [0.15, 0.2) is 35.1 Å². The number of nitrogens with zero attached hydrogens (tertiary/aromatic N) is 3. The maximum Gasteiger partial charge on any atom is 0.263 e. The molecule has 1 aromatic carbocycles. The van der Waals surface area contributed by atoms with Gasteiger partial charge in [-0.1, -0.05) is 12.1 Å². The second-order valence-electron chi connectivity index (χ2n) is 6.73. The van der Waals surface area contributed by atoms with E-state index in [4.69, 9.17) is 4.74 Å². The van der Waals surface area contributed by atoms with Crippen LogP contribution in [0.1, 0.15) is 38.1 Å². The molecule has 1 aliphatic heterocycles. The van der Waals surface area contributed by atoms with Crippen molar-refractivity contribution in [2.75, 3.05) is 11.5 Å². The number of fused-ring (bicyclic) bond motifs is 1. The van der Waals surface area contributed by atoms with Crippen LogP contribution in [0.4, 0.5) is 5.69 Å². The normalized spacial score (nSPS) is 17.6. The Hall–Kier alpha value is -1.82. The van der Waals surface area contributed by atoms with Crippen LogP contribution >= 0.6 is 15.9 Å². The van der Waals surface area contributed by atoms with Crippen molar-refractivity contribution >= 4 is 27.5 Å². The average molecular weight is 378 g/mol. The van der Waals surface area contributed by atoms with Gasteiger partial charge in [0.2, 0.25) is 0 Å². The summed E-state index contributed by atoms with van der Waals surface area (Å²) < 4.78 is 8.23. The van der Waals surface area contributed by atoms with E-state index in [0.717, 1.165) is 11.4 Å². The molecule has 1 unspecified atom stereocenters. The van der Waals surface area contributed by atoms with E-state index in [1.807, 2.05) is 56.6 Å². The second-order valence-corrected chi connectivity index (χ2v) is 7.49. The largest absolute Gasteiger partial charge is 0.489 e. The van der Waals surface area contributed by atoms with Crippen molar-refractivity contribution in [2.24, 2.45) is 0 Å². The van der Waals surface area contributed by atoms with Gasteiger partial charge in [0.1, 0.15) is 17.0 Å². The van der Waals surface area contributed by atoms with Gasteiger partial charge in [-0.15, -0.1) is 0 Å². The molecular formula is C17H20BrN3O2. The number of aromatic nitrogens is 2. The highest BCUT2D eigenvalue weighted by molar-refractivity contribution is 9.10. The Balaban J connectivity index is 2.03. The number of carbonyl (C=O) groups is 1. The lowest BCUT2D eigenvalue weighted by molar-refractivity contribution is 0.0960. The summed E-state index contributed by atoms with van der Waals surface area (Å²) in [5, 5.41) is 4.37. The Labute approximate surface area is 144 Å². The third kappa shape index (κ3) is 2.76. The van der Waals surface area contributed by atoms with Crippen molar-refractivity contribution in [1.29, 1.82) is 0 Å². The fourth-order valence-electron chi connectivity index (χ4n) is 2.68. The van der Waals surface area contributed by atoms with Crippen LogP contribution in [-0.4, -0.2) is 28.3 Å². The van der Waals surface area contributed by atoms with Crippen LogP contribution in [0.25, 0.3) is 0 Å². The number of halogens is 1. The third-order valence-corrected chi connectivity index (χ3v) is 4.60. The van der Waals surface area contributed by atoms with Crippen molar-refractivity contribution in [3.05, 3.63) is 40.6 Å². The molecule has 1 amide bonds. The molecule has 0 aliphatic carbocycles. The minimum atomic E-state index is -0.202. The first-order valence-electron chi connectivity index (χ1n) is 7.60. The molecule has 6 heteroatoms. The summed E-state index contributed by atoms with van der Waals surface area (Å²) in [4.78, 5) is 14.9. The number of ether oxygens (including phenoxy) is 1. The summed E-state index contributed by atoms with van der Waals surface area (Å²) in [6.45, 7) is 8.60. The van der Waals surface area contributed by atoms with E-state index in [-0.39, 0.29) is 17.5 Å². The second kappa shape index (κ2) is 5.67. The maximum atomic E-state index is 13.1. The predicted octanol–water partition coefficient (Wildman–Crippen LogP) is 3.83. The Bertz CT molecular complexity index is 749. The molecule has 0 N–H and O–H groups in total. The van der Waals surface area contributed by atoms with Gasteiger partial charge in [-0.05, 0) is 55.8 Å². The standard InChI is InChI=1S/C17H20BrN3O2/c1-11-10-23-14-8-6-5-7-13(14)20(11)16(22)12-9-19-21(15(12)18)17(2,3)4/h5-9,11H,10H2,1-4H3. The monoisotopic (exact) mass is 377 g/mol. The van der Waals surface area contributed by atoms with Crippen molar-refractivity contribution < 1.29 is 9.53 Å². The van der Waals surface area contributed by atoms with Gasteiger partial charge < -0.3 is 4.74 Å². The van der Waals surface area contributed by atoms with Crippen molar-refractivity contribution in [2.45, 2.75) is 39.3 Å². The number of anilines is 1. The molecule has 5 nitrogen and oxygen atoms in total. The fourth-order valence-corrected chi connectivity index (χ4v) is 3.58. The smallest absolute Gasteiger partial charge is 0.263 e. The van der Waals surface area contributed by atoms with Crippen LogP contribution in [0.3, 0.4) is 0 Å². The molecule has 0 spiro atoms. The third-order valence-electron chi connectivity index (χ3n) is 3.84. The first-order valence-corrected chi connectivity index (χ1v) is 8.39. The van der Waals surface area contributed by atoms with Crippen molar-refractivity contribution in [1.82, 2.24) is 9.78 Å². The topological polar surface area (TPSA) is 47.4 Å². The van der Waals surface area contributed by atoms with Gasteiger partial charge in [0.15, 0.2) is 0 Å². The van der Waals surface area contributed by atoms with Gasteiger partial charge in [-0.2, -0.15) is 5.10 Å². The quantitative estimate of drug-likeness (QED) is 0.758. The van der Waals surface area contributed by atoms with Gasteiger partial charge in [-0.3, -0.25) is 14.4 Å². The SMILES string of the molecule is CC1COc2ccccc2N1C(=O)c1cnn(C(C)(C)C)c1Br. The fraction of sp³-hybridized carbons (Fsp3) is 0.412. The number of carbonyl (C=O) groups excluding carboxylic acids is 1. The van der Waals surface area contributed by atoms with Crippen molar-refractivity contribution in [3.63, 3.8) is 0 Å². The van der Waals surface area contributed by atoms with Crippen LogP contribution in [0, 0.1) is 0 Å². The van der Waals surface area contributed by atoms with Crippen LogP contribution < -0.4 is 9.64 Å². The Morgan fingerprint density at radius 3 is 2.70 bits per heavy atom. The molecule has 0 bridgehead atoms. The summed E-state index contributed by atoms with van der Waals surface area (Å²) in [5.41, 5.74) is 1.15. The highest BCUT2D eigenvalue weighted by Gasteiger charge is 2.33. The molecular weight excluding hydrogens is 358 g/mol. The number of rotatable bonds is 1. The molecule has 122 valence electrons. The minimum absolute atomic E-state index is 0.0395. The number of benzene rings is 1. The lowest BCUT2D eigenvalue weighted by Gasteiger charge is -2.35. The van der Waals surface area contributed by atoms with Gasteiger partial charge in [0.25, 0.3) is 5.91 Å². The molecule has 1 aromatic heterocycles. The van der Waals surface area contributed by atoms with E-state index < -0.39 is 0 Å². The lowest BCUT2D eigenvalue weighted by Crippen LogP contribution is -2.45. The van der Waals surface area contributed by atoms with Crippen LogP contribution in [-0.2, 0) is 5.54 Å². The summed E-state index contributed by atoms with van der Waals surface area (Å²) >= 11 is 3.54. The van der Waals surface area contributed by atoms with E-state index in [2.05, 4.69) is 21.0 Å². The minimum Gasteiger partial charge on any atom is -0.489 e. The Morgan fingerprint density at radius 1 is 1.35 bits per heavy atom. The number of amides is 1. The van der Waals surface area contributed by atoms with Gasteiger partial charge >= 0.3 is 0 Å². The van der Waals surface area contributed by atoms with E-state index in [0.29, 0.717) is 16.8 Å². The summed E-state index contributed by atoms with van der Waals surface area (Å²) in [6, 6.07) is 7.57. The molecule has 0 saturated carbocycles. The summed E-state index contributed by atoms with van der Waals surface area (Å²) in [6.07, 6.45) is 1.63. The van der Waals surface area contributed by atoms with E-state index in [1.165, 1.54) is 0 Å². The molecule has 2 aromatic rings. The molecule has 1 aliphatic rings. The van der Waals surface area contributed by atoms with E-state index in [9.17, 15) is 4.79 Å². The first-order chi connectivity index (χ1) is 10.8. The zero-order valence-electron chi connectivity index (χ0n) is 13.7. The van der Waals surface area contributed by atoms with Crippen LogP contribution in [0.5, 0.6) is 5.75 Å². The van der Waals surface area contributed by atoms with Crippen LogP contribution in [0.2, 0.25) is 0 Å².